The molecule has 0 aromatic carbocycles. The minimum atomic E-state index is -0.380. The van der Waals surface area contributed by atoms with Crippen molar-refractivity contribution in [3.05, 3.63) is 60.7 Å². The van der Waals surface area contributed by atoms with Gasteiger partial charge >= 0.3 is 6.09 Å². The number of ether oxygens (including phenoxy) is 1. The number of hydrogen-bond acceptors (Lipinski definition) is 8. The second kappa shape index (κ2) is 8.77. The van der Waals surface area contributed by atoms with Crippen LogP contribution in [0.15, 0.2) is 55.1 Å². The fraction of sp³-hybridized carbons (Fsp3) is 0.217. The van der Waals surface area contributed by atoms with E-state index in [-0.39, 0.29) is 12.0 Å². The Kier molecular flexibility index (Phi) is 5.50. The van der Waals surface area contributed by atoms with Crippen LogP contribution in [0.4, 0.5) is 10.6 Å². The molecule has 5 rings (SSSR count). The zero-order chi connectivity index (χ0) is 23.7. The average Bonchev–Trinajstić information content (AvgIpc) is 3.23. The van der Waals surface area contributed by atoms with Crippen LogP contribution >= 0.6 is 0 Å². The van der Waals surface area contributed by atoms with Gasteiger partial charge in [0.25, 0.3) is 5.91 Å². The first-order chi connectivity index (χ1) is 16.5. The highest BCUT2D eigenvalue weighted by Crippen LogP contribution is 2.28. The second-order valence-corrected chi connectivity index (χ2v) is 7.77. The zero-order valence-corrected chi connectivity index (χ0v) is 18.5. The predicted octanol–water partition coefficient (Wildman–Crippen LogP) is 1.96. The van der Waals surface area contributed by atoms with Gasteiger partial charge in [0, 0.05) is 56.5 Å². The fourth-order valence-corrected chi connectivity index (χ4v) is 3.94. The number of hydrogen-bond donors (Lipinski definition) is 1. The molecule has 1 aliphatic rings. The molecule has 4 aromatic heterocycles. The molecule has 1 aliphatic heterocycles. The van der Waals surface area contributed by atoms with Crippen molar-refractivity contribution in [3.8, 4) is 22.5 Å². The maximum Gasteiger partial charge on any atom is 0.409 e. The van der Waals surface area contributed by atoms with E-state index in [0.717, 1.165) is 5.56 Å². The number of rotatable bonds is 3. The summed E-state index contributed by atoms with van der Waals surface area (Å²) >= 11 is 0. The summed E-state index contributed by atoms with van der Waals surface area (Å²) in [5, 5.41) is 4.37. The molecular formula is C23H22N8O3. The molecule has 34 heavy (non-hydrogen) atoms. The van der Waals surface area contributed by atoms with Gasteiger partial charge in [-0.1, -0.05) is 6.07 Å². The minimum Gasteiger partial charge on any atom is -0.453 e. The van der Waals surface area contributed by atoms with Gasteiger partial charge in [0.1, 0.15) is 0 Å². The lowest BCUT2D eigenvalue weighted by Crippen LogP contribution is -2.50. The first-order valence-electron chi connectivity index (χ1n) is 10.7. The van der Waals surface area contributed by atoms with E-state index in [1.165, 1.54) is 7.11 Å². The maximum atomic E-state index is 12.8. The third-order valence-electron chi connectivity index (χ3n) is 5.73. The number of nitrogen functional groups attached to an aromatic ring is 1. The summed E-state index contributed by atoms with van der Waals surface area (Å²) in [7, 11) is 1.35. The Bertz CT molecular complexity index is 1350. The summed E-state index contributed by atoms with van der Waals surface area (Å²) in [6.45, 7) is 1.75. The number of nitrogens with two attached hydrogens (primary N) is 1. The van der Waals surface area contributed by atoms with Gasteiger partial charge in [-0.25, -0.2) is 14.3 Å². The highest BCUT2D eigenvalue weighted by molar-refractivity contribution is 5.94. The molecule has 11 heteroatoms. The number of carbonyl (C=O) groups is 2. The summed E-state index contributed by atoms with van der Waals surface area (Å²) in [6, 6.07) is 9.08. The summed E-state index contributed by atoms with van der Waals surface area (Å²) in [5.74, 6) is 0.210. The SMILES string of the molecule is COC(=O)N1CCN(C(=O)c2ccc(-c3cnc4c(-c5ccccn5)c(N)nn4c3)nc2)CC1. The van der Waals surface area contributed by atoms with Crippen LogP contribution in [0.3, 0.4) is 0 Å². The fourth-order valence-electron chi connectivity index (χ4n) is 3.94. The van der Waals surface area contributed by atoms with Crippen LogP contribution in [0.25, 0.3) is 28.2 Å². The number of nitrogens with zero attached hydrogens (tertiary/aromatic N) is 7. The highest BCUT2D eigenvalue weighted by atomic mass is 16.5. The van der Waals surface area contributed by atoms with Crippen molar-refractivity contribution in [2.75, 3.05) is 39.0 Å². The molecule has 5 heterocycles. The van der Waals surface area contributed by atoms with Crippen molar-refractivity contribution in [2.45, 2.75) is 0 Å². The molecule has 1 saturated heterocycles. The van der Waals surface area contributed by atoms with Crippen molar-refractivity contribution in [2.24, 2.45) is 0 Å². The third kappa shape index (κ3) is 3.87. The normalized spacial score (nSPS) is 13.8. The van der Waals surface area contributed by atoms with Gasteiger partial charge in [-0.15, -0.1) is 5.10 Å². The van der Waals surface area contributed by atoms with Crippen molar-refractivity contribution >= 4 is 23.5 Å². The van der Waals surface area contributed by atoms with Gasteiger partial charge in [0.15, 0.2) is 11.5 Å². The third-order valence-corrected chi connectivity index (χ3v) is 5.73. The summed E-state index contributed by atoms with van der Waals surface area (Å²) in [6.07, 6.45) is 6.35. The van der Waals surface area contributed by atoms with Gasteiger partial charge in [-0.05, 0) is 24.3 Å². The van der Waals surface area contributed by atoms with Gasteiger partial charge < -0.3 is 20.3 Å². The molecule has 0 unspecified atom stereocenters. The predicted molar refractivity (Wildman–Crippen MR) is 124 cm³/mol. The Labute approximate surface area is 194 Å². The monoisotopic (exact) mass is 458 g/mol. The van der Waals surface area contributed by atoms with Crippen molar-refractivity contribution in [1.29, 1.82) is 0 Å². The van der Waals surface area contributed by atoms with E-state index in [1.54, 1.807) is 51.2 Å². The Hall–Kier alpha value is -4.54. The van der Waals surface area contributed by atoms with E-state index in [2.05, 4.69) is 20.1 Å². The molecule has 0 saturated carbocycles. The summed E-state index contributed by atoms with van der Waals surface area (Å²) in [5.41, 5.74) is 9.96. The molecule has 0 bridgehead atoms. The summed E-state index contributed by atoms with van der Waals surface area (Å²) in [4.78, 5) is 41.1. The first-order valence-corrected chi connectivity index (χ1v) is 10.7. The molecule has 172 valence electrons. The van der Waals surface area contributed by atoms with Crippen molar-refractivity contribution in [1.82, 2.24) is 34.4 Å². The van der Waals surface area contributed by atoms with Gasteiger partial charge in [-0.2, -0.15) is 0 Å². The van der Waals surface area contributed by atoms with Crippen LogP contribution < -0.4 is 5.73 Å². The lowest BCUT2D eigenvalue weighted by Gasteiger charge is -2.33. The van der Waals surface area contributed by atoms with E-state index in [9.17, 15) is 9.59 Å². The lowest BCUT2D eigenvalue weighted by molar-refractivity contribution is 0.0599. The molecule has 1 fully saturated rings. The van der Waals surface area contributed by atoms with E-state index < -0.39 is 0 Å². The first kappa shape index (κ1) is 21.3. The van der Waals surface area contributed by atoms with Crippen molar-refractivity contribution < 1.29 is 14.3 Å². The van der Waals surface area contributed by atoms with Crippen LogP contribution in [0.2, 0.25) is 0 Å². The smallest absolute Gasteiger partial charge is 0.409 e. The van der Waals surface area contributed by atoms with E-state index in [0.29, 0.717) is 60.2 Å². The molecule has 11 nitrogen and oxygen atoms in total. The van der Waals surface area contributed by atoms with E-state index >= 15 is 0 Å². The Morgan fingerprint density at radius 1 is 0.941 bits per heavy atom. The largest absolute Gasteiger partial charge is 0.453 e. The number of pyridine rings is 2. The molecule has 0 radical (unpaired) electrons. The topological polar surface area (TPSA) is 132 Å². The van der Waals surface area contributed by atoms with Gasteiger partial charge in [-0.3, -0.25) is 14.8 Å². The molecule has 2 N–H and O–H groups in total. The molecular weight excluding hydrogens is 436 g/mol. The maximum absolute atomic E-state index is 12.8. The van der Waals surface area contributed by atoms with Crippen LogP contribution in [-0.2, 0) is 4.74 Å². The van der Waals surface area contributed by atoms with Crippen molar-refractivity contribution in [3.63, 3.8) is 0 Å². The van der Waals surface area contributed by atoms with Gasteiger partial charge in [0.05, 0.1) is 29.6 Å². The number of methoxy groups -OCH3 is 1. The number of piperazine rings is 1. The number of anilines is 1. The average molecular weight is 458 g/mol. The van der Waals surface area contributed by atoms with Crippen LogP contribution in [0.5, 0.6) is 0 Å². The van der Waals surface area contributed by atoms with Crippen LogP contribution in [0, 0.1) is 0 Å². The van der Waals surface area contributed by atoms with E-state index in [4.69, 9.17) is 10.5 Å². The Morgan fingerprint density at radius 3 is 2.41 bits per heavy atom. The standard InChI is InChI=1S/C23H22N8O3/c1-34-23(33)30-10-8-29(9-11-30)22(32)15-5-6-17(26-12-15)16-13-27-21-19(18-4-2-3-7-25-18)20(24)28-31(21)14-16/h2-7,12-14H,8-11H2,1H3,(H2,24,28). The molecule has 2 amide bonds. The van der Waals surface area contributed by atoms with Gasteiger partial charge in [0.2, 0.25) is 0 Å². The van der Waals surface area contributed by atoms with Crippen LogP contribution in [0.1, 0.15) is 10.4 Å². The lowest BCUT2D eigenvalue weighted by atomic mass is 10.1. The van der Waals surface area contributed by atoms with Crippen LogP contribution in [-0.4, -0.2) is 79.7 Å². The number of aromatic nitrogens is 5. The zero-order valence-electron chi connectivity index (χ0n) is 18.5. The molecule has 0 aliphatic carbocycles. The molecule has 4 aromatic rings. The molecule has 0 spiro atoms. The number of amides is 2. The quantitative estimate of drug-likeness (QED) is 0.493. The minimum absolute atomic E-state index is 0.128. The highest BCUT2D eigenvalue weighted by Gasteiger charge is 2.25. The Balaban J connectivity index is 1.34. The number of carbonyl (C=O) groups excluding carboxylic acids is 2. The molecule has 0 atom stereocenters. The number of fused-ring (bicyclic) bond motifs is 1. The van der Waals surface area contributed by atoms with E-state index in [1.807, 2.05) is 18.2 Å². The summed E-state index contributed by atoms with van der Waals surface area (Å²) < 4.78 is 6.34. The Morgan fingerprint density at radius 2 is 1.74 bits per heavy atom. The second-order valence-electron chi connectivity index (χ2n) is 7.77.